The molecule has 0 unspecified atom stereocenters. The van der Waals surface area contributed by atoms with Gasteiger partial charge in [-0.2, -0.15) is 10.1 Å². The summed E-state index contributed by atoms with van der Waals surface area (Å²) in [5.41, 5.74) is 4.88. The molecule has 0 amide bonds. The summed E-state index contributed by atoms with van der Waals surface area (Å²) in [7, 11) is 3.16. The highest BCUT2D eigenvalue weighted by molar-refractivity contribution is 5.99. The number of nitrogens with zero attached hydrogens (tertiary/aromatic N) is 4. The van der Waals surface area contributed by atoms with Gasteiger partial charge in [0.2, 0.25) is 5.95 Å². The van der Waals surface area contributed by atoms with Crippen molar-refractivity contribution < 1.29 is 4.74 Å². The molecule has 1 aromatic carbocycles. The first kappa shape index (κ1) is 19.2. The van der Waals surface area contributed by atoms with E-state index in [2.05, 4.69) is 27.1 Å². The fourth-order valence-corrected chi connectivity index (χ4v) is 2.77. The Morgan fingerprint density at radius 1 is 1.29 bits per heavy atom. The number of hydrogen-bond acceptors (Lipinski definition) is 6. The second kappa shape index (κ2) is 7.55. The molecule has 0 saturated carbocycles. The third-order valence-electron chi connectivity index (χ3n) is 4.27. The van der Waals surface area contributed by atoms with Gasteiger partial charge in [0.25, 0.3) is 5.56 Å². The van der Waals surface area contributed by atoms with E-state index < -0.39 is 11.2 Å². The van der Waals surface area contributed by atoms with E-state index in [1.807, 2.05) is 38.1 Å². The summed E-state index contributed by atoms with van der Waals surface area (Å²) in [5.74, 6) is 1.10. The Balaban J connectivity index is 2.05. The minimum atomic E-state index is -0.526. The largest absolute Gasteiger partial charge is 0.497 e. The number of aromatic nitrogens is 4. The molecule has 9 nitrogen and oxygen atoms in total. The smallest absolute Gasteiger partial charge is 0.329 e. The number of nitrogens with one attached hydrogen (secondary N) is 2. The minimum Gasteiger partial charge on any atom is -0.497 e. The number of benzene rings is 1. The van der Waals surface area contributed by atoms with Crippen molar-refractivity contribution in [3.8, 4) is 5.75 Å². The van der Waals surface area contributed by atoms with E-state index in [0.29, 0.717) is 12.5 Å². The number of rotatable bonds is 6. The Morgan fingerprint density at radius 3 is 2.57 bits per heavy atom. The maximum absolute atomic E-state index is 12.4. The Morgan fingerprint density at radius 2 is 1.96 bits per heavy atom. The number of anilines is 1. The molecule has 9 heteroatoms. The number of aryl methyl sites for hydroxylation is 1. The second-order valence-electron chi connectivity index (χ2n) is 6.51. The average molecular weight is 382 g/mol. The fraction of sp³-hybridized carbons (Fsp3) is 0.263. The van der Waals surface area contributed by atoms with E-state index in [0.717, 1.165) is 22.6 Å². The zero-order valence-corrected chi connectivity index (χ0v) is 16.2. The van der Waals surface area contributed by atoms with E-state index in [1.54, 1.807) is 18.7 Å². The van der Waals surface area contributed by atoms with Crippen LogP contribution in [0.15, 0.2) is 51.1 Å². The molecule has 2 aromatic heterocycles. The lowest BCUT2D eigenvalue weighted by Gasteiger charge is -2.08. The van der Waals surface area contributed by atoms with Gasteiger partial charge in [-0.25, -0.2) is 10.2 Å². The van der Waals surface area contributed by atoms with Crippen LogP contribution in [-0.4, -0.2) is 31.9 Å². The van der Waals surface area contributed by atoms with Gasteiger partial charge >= 0.3 is 5.69 Å². The second-order valence-corrected chi connectivity index (χ2v) is 6.51. The maximum atomic E-state index is 12.4. The van der Waals surface area contributed by atoms with Crippen molar-refractivity contribution in [2.75, 3.05) is 12.5 Å². The predicted octanol–water partition coefficient (Wildman–Crippen LogP) is 1.84. The lowest BCUT2D eigenvalue weighted by Crippen LogP contribution is -2.29. The average Bonchev–Trinajstić information content (AvgIpc) is 3.02. The number of aromatic amines is 1. The first-order chi connectivity index (χ1) is 13.3. The Labute approximate surface area is 161 Å². The molecule has 0 aliphatic heterocycles. The Bertz CT molecular complexity index is 1180. The number of imidazole rings is 1. The number of methoxy groups -OCH3 is 1. The number of allylic oxidation sites excluding steroid dienone is 1. The van der Waals surface area contributed by atoms with Gasteiger partial charge < -0.3 is 4.74 Å². The number of hydrogen-bond donors (Lipinski definition) is 2. The molecular formula is C19H22N6O3. The van der Waals surface area contributed by atoms with Crippen LogP contribution < -0.4 is 21.4 Å². The van der Waals surface area contributed by atoms with Gasteiger partial charge in [-0.05, 0) is 43.7 Å². The summed E-state index contributed by atoms with van der Waals surface area (Å²) in [4.78, 5) is 30.9. The molecule has 3 rings (SSSR count). The summed E-state index contributed by atoms with van der Waals surface area (Å²) >= 11 is 0. The van der Waals surface area contributed by atoms with Crippen LogP contribution in [0.1, 0.15) is 19.4 Å². The maximum Gasteiger partial charge on any atom is 0.329 e. The molecule has 2 N–H and O–H groups in total. The Kier molecular flexibility index (Phi) is 5.16. The molecule has 28 heavy (non-hydrogen) atoms. The molecule has 0 radical (unpaired) electrons. The minimum absolute atomic E-state index is 0.273. The van der Waals surface area contributed by atoms with Gasteiger partial charge in [-0.3, -0.25) is 18.9 Å². The SMILES string of the molecule is C=C(C)Cn1c(N/N=C(\C)c2ccc(OC)cc2)nc2c1c(=O)[nH]c(=O)n2C. The predicted molar refractivity (Wildman–Crippen MR) is 109 cm³/mol. The quantitative estimate of drug-likeness (QED) is 0.384. The van der Waals surface area contributed by atoms with Crippen LogP contribution in [0.2, 0.25) is 0 Å². The van der Waals surface area contributed by atoms with Gasteiger partial charge in [-0.15, -0.1) is 0 Å². The lowest BCUT2D eigenvalue weighted by molar-refractivity contribution is 0.415. The summed E-state index contributed by atoms with van der Waals surface area (Å²) in [6.07, 6.45) is 0. The molecular weight excluding hydrogens is 360 g/mol. The van der Waals surface area contributed by atoms with Gasteiger partial charge in [-0.1, -0.05) is 12.2 Å². The van der Waals surface area contributed by atoms with Gasteiger partial charge in [0.05, 0.1) is 12.8 Å². The molecule has 3 aromatic rings. The van der Waals surface area contributed by atoms with Gasteiger partial charge in [0.1, 0.15) is 5.75 Å². The third kappa shape index (κ3) is 3.59. The number of hydrazone groups is 1. The van der Waals surface area contributed by atoms with Crippen molar-refractivity contribution in [2.45, 2.75) is 20.4 Å². The van der Waals surface area contributed by atoms with Gasteiger partial charge in [0.15, 0.2) is 11.2 Å². The fourth-order valence-electron chi connectivity index (χ4n) is 2.77. The van der Waals surface area contributed by atoms with Gasteiger partial charge in [0, 0.05) is 13.6 Å². The van der Waals surface area contributed by atoms with E-state index in [4.69, 9.17) is 4.74 Å². The summed E-state index contributed by atoms with van der Waals surface area (Å²) in [6.45, 7) is 7.96. The number of ether oxygens (including phenoxy) is 1. The van der Waals surface area contributed by atoms with Crippen molar-refractivity contribution >= 4 is 22.8 Å². The van der Waals surface area contributed by atoms with Crippen molar-refractivity contribution in [1.82, 2.24) is 19.1 Å². The van der Waals surface area contributed by atoms with Crippen molar-refractivity contribution in [2.24, 2.45) is 12.1 Å². The molecule has 0 aliphatic carbocycles. The van der Waals surface area contributed by atoms with Crippen molar-refractivity contribution in [3.63, 3.8) is 0 Å². The molecule has 0 saturated heterocycles. The van der Waals surface area contributed by atoms with Crippen LogP contribution in [0.25, 0.3) is 11.2 Å². The highest BCUT2D eigenvalue weighted by Crippen LogP contribution is 2.17. The van der Waals surface area contributed by atoms with Crippen molar-refractivity contribution in [1.29, 1.82) is 0 Å². The van der Waals surface area contributed by atoms with E-state index >= 15 is 0 Å². The zero-order chi connectivity index (χ0) is 20.4. The normalized spacial score (nSPS) is 11.6. The zero-order valence-electron chi connectivity index (χ0n) is 16.2. The third-order valence-corrected chi connectivity index (χ3v) is 4.27. The number of H-pyrrole nitrogens is 1. The molecule has 0 atom stereocenters. The van der Waals surface area contributed by atoms with Crippen LogP contribution in [0.4, 0.5) is 5.95 Å². The first-order valence-corrected chi connectivity index (χ1v) is 8.60. The molecule has 0 fully saturated rings. The molecule has 0 bridgehead atoms. The standard InChI is InChI=1S/C19H22N6O3/c1-11(2)10-25-15-16(24(4)19(27)21-17(15)26)20-18(25)23-22-12(3)13-6-8-14(28-5)9-7-13/h6-9H,1,10H2,2-5H3,(H,20,23)(H,21,26,27)/b22-12+. The monoisotopic (exact) mass is 382 g/mol. The summed E-state index contributed by atoms with van der Waals surface area (Å²) < 4.78 is 8.10. The summed E-state index contributed by atoms with van der Waals surface area (Å²) in [5, 5.41) is 4.38. The Hall–Kier alpha value is -3.62. The lowest BCUT2D eigenvalue weighted by atomic mass is 10.1. The van der Waals surface area contributed by atoms with Crippen LogP contribution in [-0.2, 0) is 13.6 Å². The van der Waals surface area contributed by atoms with Crippen molar-refractivity contribution in [3.05, 3.63) is 62.8 Å². The van der Waals surface area contributed by atoms with Crippen LogP contribution in [0, 0.1) is 0 Å². The molecule has 2 heterocycles. The highest BCUT2D eigenvalue weighted by atomic mass is 16.5. The number of fused-ring (bicyclic) bond motifs is 1. The molecule has 0 spiro atoms. The van der Waals surface area contributed by atoms with Crippen LogP contribution >= 0.6 is 0 Å². The molecule has 0 aliphatic rings. The molecule has 146 valence electrons. The van der Waals surface area contributed by atoms with Crippen LogP contribution in [0.5, 0.6) is 5.75 Å². The topological polar surface area (TPSA) is 106 Å². The highest BCUT2D eigenvalue weighted by Gasteiger charge is 2.17. The summed E-state index contributed by atoms with van der Waals surface area (Å²) in [6, 6.07) is 7.48. The van der Waals surface area contributed by atoms with Crippen LogP contribution in [0.3, 0.4) is 0 Å². The first-order valence-electron chi connectivity index (χ1n) is 8.60. The van der Waals surface area contributed by atoms with E-state index in [1.165, 1.54) is 4.57 Å². The van der Waals surface area contributed by atoms with E-state index in [-0.39, 0.29) is 11.2 Å². The van der Waals surface area contributed by atoms with E-state index in [9.17, 15) is 9.59 Å².